The van der Waals surface area contributed by atoms with Crippen molar-refractivity contribution in [1.29, 1.82) is 0 Å². The average Bonchev–Trinajstić information content (AvgIpc) is 2.49. The summed E-state index contributed by atoms with van der Waals surface area (Å²) in [4.78, 5) is 0. The molecule has 0 bridgehead atoms. The summed E-state index contributed by atoms with van der Waals surface area (Å²) >= 11 is 0. The smallest absolute Gasteiger partial charge is 0.336 e. The summed E-state index contributed by atoms with van der Waals surface area (Å²) in [5.41, 5.74) is 2.75. The number of rotatable bonds is 5. The van der Waals surface area contributed by atoms with Gasteiger partial charge in [0, 0.05) is 0 Å². The van der Waals surface area contributed by atoms with Crippen LogP contribution < -0.4 is 0 Å². The minimum atomic E-state index is -3.53. The highest BCUT2D eigenvalue weighted by Gasteiger charge is 2.38. The van der Waals surface area contributed by atoms with Gasteiger partial charge in [-0.05, 0) is 41.7 Å². The van der Waals surface area contributed by atoms with E-state index in [1.165, 1.54) is 0 Å². The van der Waals surface area contributed by atoms with Crippen LogP contribution in [-0.4, -0.2) is 19.1 Å². The Hall–Kier alpha value is -1.25. The molecule has 1 aromatic carbocycles. The van der Waals surface area contributed by atoms with E-state index in [-0.39, 0.29) is 5.56 Å². The van der Waals surface area contributed by atoms with Gasteiger partial charge in [0.2, 0.25) is 0 Å². The molecule has 1 nitrogen and oxygen atoms in total. The Kier molecular flexibility index (Phi) is 6.06. The fourth-order valence-corrected chi connectivity index (χ4v) is 4.62. The third-order valence-corrected chi connectivity index (χ3v) is 8.77. The summed E-state index contributed by atoms with van der Waals surface area (Å²) in [6, 6.07) is 6.84. The van der Waals surface area contributed by atoms with Crippen LogP contribution in [0.4, 0.5) is 13.2 Å². The van der Waals surface area contributed by atoms with Crippen LogP contribution in [0, 0.1) is 17.3 Å². The monoisotopic (exact) mass is 314 g/mol. The first-order valence-electron chi connectivity index (χ1n) is 7.16. The van der Waals surface area contributed by atoms with E-state index < -0.39 is 25.9 Å². The van der Waals surface area contributed by atoms with Crippen LogP contribution in [-0.2, 0) is 0 Å². The molecule has 0 heterocycles. The van der Waals surface area contributed by atoms with Gasteiger partial charge in [-0.25, -0.2) is 4.39 Å². The first-order valence-corrected chi connectivity index (χ1v) is 9.78. The molecule has 0 saturated carbocycles. The van der Waals surface area contributed by atoms with Crippen molar-refractivity contribution in [2.75, 3.05) is 0 Å². The van der Waals surface area contributed by atoms with E-state index >= 15 is 0 Å². The summed E-state index contributed by atoms with van der Waals surface area (Å²) in [7, 11) is -2.00. The molecule has 0 spiro atoms. The Morgan fingerprint density at radius 2 is 1.57 bits per heavy atom. The van der Waals surface area contributed by atoms with E-state index in [1.54, 1.807) is 0 Å². The number of benzene rings is 1. The van der Waals surface area contributed by atoms with Gasteiger partial charge in [-0.1, -0.05) is 32.9 Å². The Labute approximate surface area is 125 Å². The zero-order valence-electron chi connectivity index (χ0n) is 12.6. The van der Waals surface area contributed by atoms with Gasteiger partial charge >= 0.3 is 5.92 Å². The van der Waals surface area contributed by atoms with Gasteiger partial charge in [0.1, 0.15) is 13.9 Å². The molecule has 1 aromatic rings. The highest BCUT2D eigenvalue weighted by molar-refractivity contribution is 6.87. The zero-order valence-corrected chi connectivity index (χ0v) is 13.6. The second-order valence-corrected chi connectivity index (χ2v) is 10.1. The molecule has 5 heteroatoms. The number of halogens is 3. The second-order valence-electron chi connectivity index (χ2n) is 5.17. The van der Waals surface area contributed by atoms with Crippen LogP contribution in [0.25, 0.3) is 0 Å². The molecule has 1 rings (SSSR count). The number of alkyl halides is 2. The molecular formula is C16H21F3OSi. The van der Waals surface area contributed by atoms with Crippen molar-refractivity contribution >= 4 is 8.07 Å². The van der Waals surface area contributed by atoms with Crippen molar-refractivity contribution in [3.05, 3.63) is 35.6 Å². The zero-order chi connectivity index (χ0) is 16.1. The van der Waals surface area contributed by atoms with E-state index in [1.807, 2.05) is 26.7 Å². The predicted octanol–water partition coefficient (Wildman–Crippen LogP) is 4.55. The van der Waals surface area contributed by atoms with Crippen molar-refractivity contribution in [1.82, 2.24) is 0 Å². The fraction of sp³-hybridized carbons (Fsp3) is 0.500. The van der Waals surface area contributed by atoms with Gasteiger partial charge in [0.05, 0.1) is 0 Å². The lowest BCUT2D eigenvalue weighted by Gasteiger charge is -2.22. The molecule has 0 aromatic heterocycles. The topological polar surface area (TPSA) is 20.2 Å². The van der Waals surface area contributed by atoms with Crippen molar-refractivity contribution in [2.45, 2.75) is 50.9 Å². The maximum Gasteiger partial charge on any atom is 0.336 e. The SMILES string of the molecule is CC[Si](C#CC(F)(F)C(O)c1ccc(F)cc1)(CC)CC. The number of hydrogen-bond donors (Lipinski definition) is 1. The summed E-state index contributed by atoms with van der Waals surface area (Å²) in [6.07, 6.45) is -2.04. The van der Waals surface area contributed by atoms with Gasteiger partial charge < -0.3 is 5.11 Å². The van der Waals surface area contributed by atoms with Crippen molar-refractivity contribution in [3.8, 4) is 11.5 Å². The molecule has 0 radical (unpaired) electrons. The largest absolute Gasteiger partial charge is 0.381 e. The standard InChI is InChI=1S/C16H21F3OSi/c1-4-21(5-2,6-3)12-11-16(18,19)15(20)13-7-9-14(17)10-8-13/h7-10,15,20H,4-6H2,1-3H3. The lowest BCUT2D eigenvalue weighted by atomic mass is 10.0. The molecule has 1 unspecified atom stereocenters. The Balaban J connectivity index is 3.03. The van der Waals surface area contributed by atoms with Crippen molar-refractivity contribution in [2.24, 2.45) is 0 Å². The quantitative estimate of drug-likeness (QED) is 0.624. The summed E-state index contributed by atoms with van der Waals surface area (Å²) in [5.74, 6) is -2.06. The molecule has 0 fully saturated rings. The molecular weight excluding hydrogens is 293 g/mol. The fourth-order valence-electron chi connectivity index (χ4n) is 2.15. The first kappa shape index (κ1) is 17.8. The van der Waals surface area contributed by atoms with Crippen LogP contribution in [0.1, 0.15) is 32.4 Å². The third kappa shape index (κ3) is 4.35. The van der Waals surface area contributed by atoms with Gasteiger partial charge in [-0.2, -0.15) is 8.78 Å². The Bertz CT molecular complexity index is 504. The summed E-state index contributed by atoms with van der Waals surface area (Å²) in [5, 5.41) is 9.79. The van der Waals surface area contributed by atoms with Gasteiger partial charge in [-0.3, -0.25) is 0 Å². The number of aliphatic hydroxyl groups is 1. The van der Waals surface area contributed by atoms with Gasteiger partial charge in [-0.15, -0.1) is 5.54 Å². The first-order chi connectivity index (χ1) is 9.80. The normalized spacial score (nSPS) is 13.5. The minimum absolute atomic E-state index is 0.0348. The van der Waals surface area contributed by atoms with Crippen molar-refractivity contribution in [3.63, 3.8) is 0 Å². The van der Waals surface area contributed by atoms with Crippen LogP contribution >= 0.6 is 0 Å². The van der Waals surface area contributed by atoms with Crippen LogP contribution in [0.2, 0.25) is 18.1 Å². The lowest BCUT2D eigenvalue weighted by Crippen LogP contribution is -2.32. The average molecular weight is 314 g/mol. The Morgan fingerprint density at radius 3 is 2.00 bits per heavy atom. The van der Waals surface area contributed by atoms with E-state index in [4.69, 9.17) is 0 Å². The summed E-state index contributed by atoms with van der Waals surface area (Å²) in [6.45, 7) is 5.92. The van der Waals surface area contributed by atoms with E-state index in [0.717, 1.165) is 42.4 Å². The van der Waals surface area contributed by atoms with Gasteiger partial charge in [0.15, 0.2) is 6.10 Å². The van der Waals surface area contributed by atoms with E-state index in [9.17, 15) is 18.3 Å². The minimum Gasteiger partial charge on any atom is -0.381 e. The molecule has 1 atom stereocenters. The third-order valence-electron chi connectivity index (χ3n) is 4.05. The predicted molar refractivity (Wildman–Crippen MR) is 81.3 cm³/mol. The number of aliphatic hydroxyl groups excluding tert-OH is 1. The second kappa shape index (κ2) is 7.14. The van der Waals surface area contributed by atoms with Crippen LogP contribution in [0.5, 0.6) is 0 Å². The van der Waals surface area contributed by atoms with Crippen LogP contribution in [0.3, 0.4) is 0 Å². The van der Waals surface area contributed by atoms with Gasteiger partial charge in [0.25, 0.3) is 0 Å². The van der Waals surface area contributed by atoms with E-state index in [2.05, 4.69) is 5.54 Å². The molecule has 0 amide bonds. The highest BCUT2D eigenvalue weighted by atomic mass is 28.3. The molecule has 116 valence electrons. The van der Waals surface area contributed by atoms with Crippen molar-refractivity contribution < 1.29 is 18.3 Å². The molecule has 0 saturated heterocycles. The maximum absolute atomic E-state index is 14.0. The number of hydrogen-bond acceptors (Lipinski definition) is 1. The Morgan fingerprint density at radius 1 is 1.10 bits per heavy atom. The molecule has 21 heavy (non-hydrogen) atoms. The van der Waals surface area contributed by atoms with Crippen LogP contribution in [0.15, 0.2) is 24.3 Å². The van der Waals surface area contributed by atoms with E-state index in [0.29, 0.717) is 0 Å². The lowest BCUT2D eigenvalue weighted by molar-refractivity contribution is -0.0635. The molecule has 0 aliphatic heterocycles. The maximum atomic E-state index is 14.0. The molecule has 0 aliphatic carbocycles. The molecule has 0 aliphatic rings. The summed E-state index contributed by atoms with van der Waals surface area (Å²) < 4.78 is 40.9. The molecule has 1 N–H and O–H groups in total. The highest BCUT2D eigenvalue weighted by Crippen LogP contribution is 2.31.